The van der Waals surface area contributed by atoms with Crippen molar-refractivity contribution in [2.75, 3.05) is 32.6 Å². The number of carbonyl (C=O) groups is 2. The van der Waals surface area contributed by atoms with Gasteiger partial charge in [0, 0.05) is 7.11 Å². The average molecular weight is 381 g/mol. The number of amides is 2. The van der Waals surface area contributed by atoms with E-state index in [1.165, 1.54) is 26.5 Å². The van der Waals surface area contributed by atoms with Gasteiger partial charge in [0.2, 0.25) is 5.88 Å². The van der Waals surface area contributed by atoms with Gasteiger partial charge in [0.25, 0.3) is 11.8 Å². The number of ether oxygens (including phenoxy) is 2. The van der Waals surface area contributed by atoms with Gasteiger partial charge >= 0.3 is 0 Å². The molecule has 2 amide bonds. The molecule has 0 atom stereocenters. The molecule has 1 aliphatic heterocycles. The zero-order chi connectivity index (χ0) is 16.2. The molecule has 10 heteroatoms. The van der Waals surface area contributed by atoms with Gasteiger partial charge < -0.3 is 25.8 Å². The fraction of sp³-hybridized carbons (Fsp3) is 0.500. The Balaban J connectivity index is 0.00000264. The molecule has 0 saturated carbocycles. The van der Waals surface area contributed by atoms with Gasteiger partial charge in [-0.1, -0.05) is 0 Å². The lowest BCUT2D eigenvalue weighted by Gasteiger charge is -2.34. The van der Waals surface area contributed by atoms with Crippen LogP contribution in [0.3, 0.4) is 0 Å². The standard InChI is InChI=1S/C14H20N4O4.2ClH/c1-21-12-10(11(15)19)7-9(8-17-12)18-13(20)14(22-2)3-5-16-6-4-14;;/h7-8,16H,3-6H2,1-2H3,(H2,15,19)(H,18,20);2*1H. The van der Waals surface area contributed by atoms with Crippen LogP contribution < -0.4 is 21.1 Å². The topological polar surface area (TPSA) is 116 Å². The molecule has 1 saturated heterocycles. The van der Waals surface area contributed by atoms with E-state index < -0.39 is 11.5 Å². The van der Waals surface area contributed by atoms with Crippen LogP contribution in [0.1, 0.15) is 23.2 Å². The molecule has 24 heavy (non-hydrogen) atoms. The highest BCUT2D eigenvalue weighted by atomic mass is 35.5. The van der Waals surface area contributed by atoms with E-state index in [4.69, 9.17) is 15.2 Å². The molecular weight excluding hydrogens is 359 g/mol. The smallest absolute Gasteiger partial charge is 0.256 e. The van der Waals surface area contributed by atoms with Gasteiger partial charge in [0.15, 0.2) is 0 Å². The van der Waals surface area contributed by atoms with Crippen molar-refractivity contribution in [3.63, 3.8) is 0 Å². The monoisotopic (exact) mass is 380 g/mol. The van der Waals surface area contributed by atoms with Crippen molar-refractivity contribution in [3.05, 3.63) is 17.8 Å². The minimum Gasteiger partial charge on any atom is -0.480 e. The molecule has 2 heterocycles. The van der Waals surface area contributed by atoms with Gasteiger partial charge in [0.1, 0.15) is 11.2 Å². The second kappa shape index (κ2) is 9.63. The number of anilines is 1. The van der Waals surface area contributed by atoms with E-state index in [9.17, 15) is 9.59 Å². The summed E-state index contributed by atoms with van der Waals surface area (Å²) in [5, 5.41) is 5.91. The van der Waals surface area contributed by atoms with Crippen LogP contribution in [-0.4, -0.2) is 49.7 Å². The number of nitrogens with zero attached hydrogens (tertiary/aromatic N) is 1. The van der Waals surface area contributed by atoms with Crippen molar-refractivity contribution in [1.82, 2.24) is 10.3 Å². The average Bonchev–Trinajstić information content (AvgIpc) is 2.55. The van der Waals surface area contributed by atoms with E-state index in [2.05, 4.69) is 15.6 Å². The summed E-state index contributed by atoms with van der Waals surface area (Å²) in [4.78, 5) is 27.9. The van der Waals surface area contributed by atoms with Crippen LogP contribution in [0.5, 0.6) is 5.88 Å². The third kappa shape index (κ3) is 4.70. The van der Waals surface area contributed by atoms with E-state index in [1.807, 2.05) is 0 Å². The Morgan fingerprint density at radius 2 is 1.92 bits per heavy atom. The zero-order valence-electron chi connectivity index (χ0n) is 13.5. The highest BCUT2D eigenvalue weighted by Gasteiger charge is 2.39. The highest BCUT2D eigenvalue weighted by molar-refractivity contribution is 6.00. The van der Waals surface area contributed by atoms with Crippen LogP contribution in [0, 0.1) is 0 Å². The molecule has 8 nitrogen and oxygen atoms in total. The molecule has 0 unspecified atom stereocenters. The number of nitrogens with one attached hydrogen (secondary N) is 2. The predicted molar refractivity (Wildman–Crippen MR) is 94.3 cm³/mol. The third-order valence-corrected chi connectivity index (χ3v) is 3.78. The van der Waals surface area contributed by atoms with Crippen LogP contribution >= 0.6 is 24.8 Å². The number of primary amides is 1. The molecule has 1 fully saturated rings. The van der Waals surface area contributed by atoms with E-state index in [0.717, 1.165) is 0 Å². The Labute approximate surface area is 152 Å². The first-order chi connectivity index (χ1) is 10.5. The number of pyridine rings is 1. The van der Waals surface area contributed by atoms with E-state index in [1.54, 1.807) is 0 Å². The summed E-state index contributed by atoms with van der Waals surface area (Å²) in [6.45, 7) is 1.41. The Bertz CT molecular complexity index is 580. The Hall–Kier alpha value is -1.61. The van der Waals surface area contributed by atoms with E-state index >= 15 is 0 Å². The molecule has 0 bridgehead atoms. The molecule has 1 aromatic heterocycles. The van der Waals surface area contributed by atoms with Crippen molar-refractivity contribution < 1.29 is 19.1 Å². The molecule has 1 aliphatic rings. The molecule has 1 aromatic rings. The Morgan fingerprint density at radius 1 is 1.29 bits per heavy atom. The minimum atomic E-state index is -0.877. The Morgan fingerprint density at radius 3 is 2.42 bits per heavy atom. The quantitative estimate of drug-likeness (QED) is 0.693. The molecule has 0 aliphatic carbocycles. The molecule has 0 aromatic carbocycles. The van der Waals surface area contributed by atoms with E-state index in [-0.39, 0.29) is 42.2 Å². The largest absolute Gasteiger partial charge is 0.480 e. The van der Waals surface area contributed by atoms with Crippen molar-refractivity contribution in [1.29, 1.82) is 0 Å². The van der Waals surface area contributed by atoms with Crippen LogP contribution in [0.4, 0.5) is 5.69 Å². The second-order valence-corrected chi connectivity index (χ2v) is 5.05. The van der Waals surface area contributed by atoms with Crippen LogP contribution in [0.25, 0.3) is 0 Å². The first-order valence-electron chi connectivity index (χ1n) is 6.93. The van der Waals surface area contributed by atoms with Crippen LogP contribution in [0.15, 0.2) is 12.3 Å². The number of carbonyl (C=O) groups excluding carboxylic acids is 2. The number of hydrogen-bond donors (Lipinski definition) is 3. The number of aromatic nitrogens is 1. The summed E-state index contributed by atoms with van der Waals surface area (Å²) in [5.41, 5.74) is 4.88. The summed E-state index contributed by atoms with van der Waals surface area (Å²) in [5.74, 6) is -0.823. The lowest BCUT2D eigenvalue weighted by molar-refractivity contribution is -0.140. The van der Waals surface area contributed by atoms with Crippen LogP contribution in [-0.2, 0) is 9.53 Å². The number of hydrogen-bond acceptors (Lipinski definition) is 6. The summed E-state index contributed by atoms with van der Waals surface area (Å²) >= 11 is 0. The molecule has 2 rings (SSSR count). The number of piperidine rings is 1. The molecule has 4 N–H and O–H groups in total. The highest BCUT2D eigenvalue weighted by Crippen LogP contribution is 2.25. The zero-order valence-corrected chi connectivity index (χ0v) is 15.1. The maximum atomic E-state index is 12.5. The lowest BCUT2D eigenvalue weighted by atomic mass is 9.91. The van der Waals surface area contributed by atoms with E-state index in [0.29, 0.717) is 31.6 Å². The first-order valence-corrected chi connectivity index (χ1v) is 6.93. The fourth-order valence-electron chi connectivity index (χ4n) is 2.46. The van der Waals surface area contributed by atoms with Gasteiger partial charge in [0.05, 0.1) is 19.0 Å². The summed E-state index contributed by atoms with van der Waals surface area (Å²) in [7, 11) is 2.91. The molecule has 0 radical (unpaired) electrons. The summed E-state index contributed by atoms with van der Waals surface area (Å²) in [6, 6.07) is 1.44. The van der Waals surface area contributed by atoms with Crippen molar-refractivity contribution >= 4 is 42.3 Å². The number of methoxy groups -OCH3 is 2. The fourth-order valence-corrected chi connectivity index (χ4v) is 2.46. The van der Waals surface area contributed by atoms with Crippen LogP contribution in [0.2, 0.25) is 0 Å². The number of nitrogens with two attached hydrogens (primary N) is 1. The van der Waals surface area contributed by atoms with Gasteiger partial charge in [-0.15, -0.1) is 24.8 Å². The number of halogens is 2. The SMILES string of the molecule is COc1ncc(NC(=O)C2(OC)CCNCC2)cc1C(N)=O.Cl.Cl. The lowest BCUT2D eigenvalue weighted by Crippen LogP contribution is -2.51. The second-order valence-electron chi connectivity index (χ2n) is 5.05. The van der Waals surface area contributed by atoms with Gasteiger partial charge in [-0.05, 0) is 32.0 Å². The molecule has 136 valence electrons. The van der Waals surface area contributed by atoms with Crippen molar-refractivity contribution in [2.24, 2.45) is 5.73 Å². The van der Waals surface area contributed by atoms with Gasteiger partial charge in [-0.25, -0.2) is 4.98 Å². The van der Waals surface area contributed by atoms with Gasteiger partial charge in [-0.2, -0.15) is 0 Å². The first kappa shape index (κ1) is 22.4. The minimum absolute atomic E-state index is 0. The van der Waals surface area contributed by atoms with Crippen molar-refractivity contribution in [2.45, 2.75) is 18.4 Å². The molecule has 0 spiro atoms. The predicted octanol–water partition coefficient (Wildman–Crippen LogP) is 0.740. The van der Waals surface area contributed by atoms with Crippen molar-refractivity contribution in [3.8, 4) is 5.88 Å². The normalized spacial score (nSPS) is 15.4. The third-order valence-electron chi connectivity index (χ3n) is 3.78. The maximum absolute atomic E-state index is 12.5. The maximum Gasteiger partial charge on any atom is 0.256 e. The Kier molecular flexibility index (Phi) is 8.98. The summed E-state index contributed by atoms with van der Waals surface area (Å²) < 4.78 is 10.4. The number of rotatable bonds is 5. The molecular formula is C14H22Cl2N4O4. The van der Waals surface area contributed by atoms with Gasteiger partial charge in [-0.3, -0.25) is 9.59 Å². The summed E-state index contributed by atoms with van der Waals surface area (Å²) in [6.07, 6.45) is 2.55.